The normalized spacial score (nSPS) is 18.7. The van der Waals surface area contributed by atoms with E-state index in [1.165, 1.54) is 16.7 Å². The summed E-state index contributed by atoms with van der Waals surface area (Å²) >= 11 is 0. The number of carboxylic acid groups (broad SMARTS) is 1. The van der Waals surface area contributed by atoms with Crippen molar-refractivity contribution < 1.29 is 9.90 Å². The third-order valence-corrected chi connectivity index (χ3v) is 4.71. The van der Waals surface area contributed by atoms with Gasteiger partial charge in [0.15, 0.2) is 0 Å². The Hall–Kier alpha value is -1.35. The lowest BCUT2D eigenvalue weighted by molar-refractivity contribution is -0.157. The summed E-state index contributed by atoms with van der Waals surface area (Å²) in [6.07, 6.45) is 2.54. The predicted molar refractivity (Wildman–Crippen MR) is 76.4 cm³/mol. The van der Waals surface area contributed by atoms with Gasteiger partial charge in [0, 0.05) is 6.04 Å². The van der Waals surface area contributed by atoms with Crippen LogP contribution in [0.5, 0.6) is 0 Å². The SMILES string of the molecule is CNC(c1cc(C)c(C)cc1C)C1(C(=O)O)CCC1. The minimum Gasteiger partial charge on any atom is -0.481 e. The zero-order valence-electron chi connectivity index (χ0n) is 12.2. The molecule has 104 valence electrons. The van der Waals surface area contributed by atoms with Crippen molar-refractivity contribution in [2.75, 3.05) is 7.05 Å². The molecule has 19 heavy (non-hydrogen) atoms. The van der Waals surface area contributed by atoms with Crippen LogP contribution in [0.2, 0.25) is 0 Å². The smallest absolute Gasteiger partial charge is 0.311 e. The molecule has 1 saturated carbocycles. The van der Waals surface area contributed by atoms with Gasteiger partial charge in [-0.25, -0.2) is 0 Å². The highest BCUT2D eigenvalue weighted by molar-refractivity contribution is 5.77. The average molecular weight is 261 g/mol. The number of benzene rings is 1. The molecule has 2 rings (SSSR count). The van der Waals surface area contributed by atoms with Crippen molar-refractivity contribution in [1.82, 2.24) is 5.32 Å². The van der Waals surface area contributed by atoms with E-state index in [1.54, 1.807) is 0 Å². The first-order valence-electron chi connectivity index (χ1n) is 6.91. The van der Waals surface area contributed by atoms with Crippen LogP contribution in [-0.2, 0) is 4.79 Å². The molecule has 3 heteroatoms. The first-order chi connectivity index (χ1) is 8.92. The Morgan fingerprint density at radius 3 is 2.21 bits per heavy atom. The molecule has 0 aromatic heterocycles. The van der Waals surface area contributed by atoms with E-state index in [9.17, 15) is 9.90 Å². The standard InChI is InChI=1S/C16H23NO2/c1-10-8-12(3)13(9-11(10)2)14(17-4)16(15(18)19)6-5-7-16/h8-9,14,17H,5-7H2,1-4H3,(H,18,19). The maximum atomic E-state index is 11.7. The Bertz CT molecular complexity index is 504. The quantitative estimate of drug-likeness (QED) is 0.875. The number of nitrogens with one attached hydrogen (secondary N) is 1. The van der Waals surface area contributed by atoms with Crippen molar-refractivity contribution in [2.45, 2.75) is 46.1 Å². The Morgan fingerprint density at radius 2 is 1.79 bits per heavy atom. The molecular weight excluding hydrogens is 238 g/mol. The Morgan fingerprint density at radius 1 is 1.21 bits per heavy atom. The minimum atomic E-state index is -0.671. The lowest BCUT2D eigenvalue weighted by atomic mass is 9.62. The summed E-state index contributed by atoms with van der Waals surface area (Å²) in [6.45, 7) is 6.25. The fourth-order valence-electron chi connectivity index (χ4n) is 3.21. The Balaban J connectivity index is 2.48. The molecule has 1 unspecified atom stereocenters. The second-order valence-corrected chi connectivity index (χ2v) is 5.83. The first-order valence-corrected chi connectivity index (χ1v) is 6.91. The van der Waals surface area contributed by atoms with Gasteiger partial charge in [0.1, 0.15) is 0 Å². The molecule has 3 nitrogen and oxygen atoms in total. The van der Waals surface area contributed by atoms with Crippen molar-refractivity contribution >= 4 is 5.97 Å². The molecule has 1 aromatic rings. The topological polar surface area (TPSA) is 49.3 Å². The number of hydrogen-bond acceptors (Lipinski definition) is 2. The zero-order valence-corrected chi connectivity index (χ0v) is 12.2. The summed E-state index contributed by atoms with van der Waals surface area (Å²) in [4.78, 5) is 11.7. The van der Waals surface area contributed by atoms with Crippen molar-refractivity contribution in [3.8, 4) is 0 Å². The van der Waals surface area contributed by atoms with Gasteiger partial charge < -0.3 is 10.4 Å². The van der Waals surface area contributed by atoms with Crippen LogP contribution >= 0.6 is 0 Å². The number of carbonyl (C=O) groups is 1. The maximum Gasteiger partial charge on any atom is 0.311 e. The summed E-state index contributed by atoms with van der Waals surface area (Å²) < 4.78 is 0. The highest BCUT2D eigenvalue weighted by atomic mass is 16.4. The largest absolute Gasteiger partial charge is 0.481 e. The van der Waals surface area contributed by atoms with E-state index in [0.29, 0.717) is 0 Å². The van der Waals surface area contributed by atoms with E-state index in [4.69, 9.17) is 0 Å². The zero-order chi connectivity index (χ0) is 14.2. The Labute approximate surface area is 115 Å². The van der Waals surface area contributed by atoms with Crippen LogP contribution in [0.4, 0.5) is 0 Å². The van der Waals surface area contributed by atoms with E-state index in [0.717, 1.165) is 24.8 Å². The van der Waals surface area contributed by atoms with Crippen LogP contribution in [-0.4, -0.2) is 18.1 Å². The summed E-state index contributed by atoms with van der Waals surface area (Å²) in [5.41, 5.74) is 4.17. The van der Waals surface area contributed by atoms with Gasteiger partial charge in [0.05, 0.1) is 5.41 Å². The van der Waals surface area contributed by atoms with E-state index in [2.05, 4.69) is 38.2 Å². The van der Waals surface area contributed by atoms with Crippen molar-refractivity contribution in [2.24, 2.45) is 5.41 Å². The molecule has 0 heterocycles. The molecular formula is C16H23NO2. The first kappa shape index (κ1) is 14.1. The predicted octanol–water partition coefficient (Wildman–Crippen LogP) is 3.13. The van der Waals surface area contributed by atoms with Gasteiger partial charge in [-0.2, -0.15) is 0 Å². The molecule has 0 radical (unpaired) electrons. The third-order valence-electron chi connectivity index (χ3n) is 4.71. The highest BCUT2D eigenvalue weighted by Gasteiger charge is 2.51. The Kier molecular flexibility index (Phi) is 3.68. The van der Waals surface area contributed by atoms with Crippen LogP contribution in [0.15, 0.2) is 12.1 Å². The van der Waals surface area contributed by atoms with Gasteiger partial charge in [0.25, 0.3) is 0 Å². The summed E-state index contributed by atoms with van der Waals surface area (Å²) in [7, 11) is 1.86. The number of aryl methyl sites for hydroxylation is 3. The molecule has 1 fully saturated rings. The van der Waals surface area contributed by atoms with Gasteiger partial charge in [0.2, 0.25) is 0 Å². The molecule has 1 aromatic carbocycles. The van der Waals surface area contributed by atoms with Crippen molar-refractivity contribution in [1.29, 1.82) is 0 Å². The molecule has 1 aliphatic rings. The average Bonchev–Trinajstić information content (AvgIpc) is 2.28. The van der Waals surface area contributed by atoms with E-state index >= 15 is 0 Å². The molecule has 1 atom stereocenters. The van der Waals surface area contributed by atoms with Crippen LogP contribution in [0.3, 0.4) is 0 Å². The molecule has 0 aliphatic heterocycles. The van der Waals surface area contributed by atoms with Gasteiger partial charge in [-0.05, 0) is 62.9 Å². The number of carboxylic acids is 1. The van der Waals surface area contributed by atoms with Crippen molar-refractivity contribution in [3.63, 3.8) is 0 Å². The van der Waals surface area contributed by atoms with Gasteiger partial charge >= 0.3 is 5.97 Å². The lowest BCUT2D eigenvalue weighted by Crippen LogP contribution is -2.48. The number of rotatable bonds is 4. The summed E-state index contributed by atoms with van der Waals surface area (Å²) in [6, 6.07) is 4.20. The fourth-order valence-corrected chi connectivity index (χ4v) is 3.21. The second kappa shape index (κ2) is 4.97. The summed E-state index contributed by atoms with van der Waals surface area (Å²) in [5, 5.41) is 12.9. The molecule has 2 N–H and O–H groups in total. The van der Waals surface area contributed by atoms with E-state index in [-0.39, 0.29) is 6.04 Å². The molecule has 0 spiro atoms. The third kappa shape index (κ3) is 2.16. The van der Waals surface area contributed by atoms with E-state index < -0.39 is 11.4 Å². The lowest BCUT2D eigenvalue weighted by Gasteiger charge is -2.44. The molecule has 0 amide bonds. The molecule has 0 bridgehead atoms. The molecule has 0 saturated heterocycles. The van der Waals surface area contributed by atoms with Gasteiger partial charge in [-0.3, -0.25) is 4.79 Å². The highest BCUT2D eigenvalue weighted by Crippen LogP contribution is 2.51. The van der Waals surface area contributed by atoms with Crippen LogP contribution < -0.4 is 5.32 Å². The second-order valence-electron chi connectivity index (χ2n) is 5.83. The van der Waals surface area contributed by atoms with Crippen LogP contribution in [0, 0.1) is 26.2 Å². The minimum absolute atomic E-state index is 0.0990. The van der Waals surface area contributed by atoms with Crippen LogP contribution in [0.25, 0.3) is 0 Å². The van der Waals surface area contributed by atoms with Crippen molar-refractivity contribution in [3.05, 3.63) is 34.4 Å². The summed E-state index contributed by atoms with van der Waals surface area (Å²) in [5.74, 6) is -0.671. The van der Waals surface area contributed by atoms with Crippen LogP contribution in [0.1, 0.15) is 47.6 Å². The monoisotopic (exact) mass is 261 g/mol. The molecule has 1 aliphatic carbocycles. The van der Waals surface area contributed by atoms with E-state index in [1.807, 2.05) is 7.05 Å². The number of aliphatic carboxylic acids is 1. The van der Waals surface area contributed by atoms with Gasteiger partial charge in [-0.15, -0.1) is 0 Å². The fraction of sp³-hybridized carbons (Fsp3) is 0.562. The maximum absolute atomic E-state index is 11.7. The number of hydrogen-bond donors (Lipinski definition) is 2. The van der Waals surface area contributed by atoms with Gasteiger partial charge in [-0.1, -0.05) is 18.6 Å².